The van der Waals surface area contributed by atoms with Gasteiger partial charge in [-0.15, -0.1) is 0 Å². The molecule has 1 N–H and O–H groups in total. The maximum Gasteiger partial charge on any atom is 0.416 e. The van der Waals surface area contributed by atoms with E-state index in [9.17, 15) is 27.6 Å². The molecule has 0 bridgehead atoms. The van der Waals surface area contributed by atoms with E-state index in [0.29, 0.717) is 30.0 Å². The highest BCUT2D eigenvalue weighted by molar-refractivity contribution is 5.92. The number of benzene rings is 2. The highest BCUT2D eigenvalue weighted by Gasteiger charge is 2.53. The molecule has 1 saturated heterocycles. The molecule has 2 heterocycles. The van der Waals surface area contributed by atoms with E-state index >= 15 is 0 Å². The third kappa shape index (κ3) is 5.89. The molecule has 1 fully saturated rings. The lowest BCUT2D eigenvalue weighted by atomic mass is 9.69. The summed E-state index contributed by atoms with van der Waals surface area (Å²) in [5, 5.41) is 2.64. The minimum atomic E-state index is -4.50. The van der Waals surface area contributed by atoms with Crippen molar-refractivity contribution in [3.8, 4) is 11.5 Å². The number of amides is 2. The summed E-state index contributed by atoms with van der Waals surface area (Å²) in [5.41, 5.74) is -0.265. The molecule has 1 aliphatic carbocycles. The second kappa shape index (κ2) is 11.5. The molecule has 3 aliphatic rings. The molecule has 0 radical (unpaired) electrons. The van der Waals surface area contributed by atoms with Crippen molar-refractivity contribution < 1.29 is 41.8 Å². The summed E-state index contributed by atoms with van der Waals surface area (Å²) in [7, 11) is 1.31. The predicted octanol–water partition coefficient (Wildman–Crippen LogP) is 5.11. The molecular formula is C30H31F3N2O6. The van der Waals surface area contributed by atoms with Gasteiger partial charge in [0.2, 0.25) is 18.6 Å². The summed E-state index contributed by atoms with van der Waals surface area (Å²) in [6, 6.07) is 10.1. The molecule has 11 heteroatoms. The number of hydrogen-bond donors (Lipinski definition) is 1. The van der Waals surface area contributed by atoms with Gasteiger partial charge in [0.25, 0.3) is 0 Å². The predicted molar refractivity (Wildman–Crippen MR) is 140 cm³/mol. The molecule has 41 heavy (non-hydrogen) atoms. The van der Waals surface area contributed by atoms with Crippen LogP contribution in [0.15, 0.2) is 54.2 Å². The Morgan fingerprint density at radius 3 is 2.68 bits per heavy atom. The van der Waals surface area contributed by atoms with Crippen LogP contribution in [0.3, 0.4) is 0 Å². The zero-order valence-corrected chi connectivity index (χ0v) is 22.6. The van der Waals surface area contributed by atoms with E-state index in [-0.39, 0.29) is 44.2 Å². The van der Waals surface area contributed by atoms with E-state index in [2.05, 4.69) is 5.32 Å². The van der Waals surface area contributed by atoms with Crippen molar-refractivity contribution in [1.82, 2.24) is 10.2 Å². The quantitative estimate of drug-likeness (QED) is 0.464. The molecule has 2 aromatic carbocycles. The lowest BCUT2D eigenvalue weighted by Gasteiger charge is -2.46. The van der Waals surface area contributed by atoms with Crippen LogP contribution < -0.4 is 14.8 Å². The standard InChI is InChI=1S/C30H31F3N2O6/c1-39-28(38)29-11-4-2-3-8-25(29)35(17-20-9-10-23-24(13-20)41-18-40-23)27(37)21(15-29)14-26(36)34-16-19-6-5-7-22(12-19)30(31,32)33/h5-10,12-13,21H,2-4,11,14-18H2,1H3,(H,34,36)/t21-,29+/m1/s1. The van der Waals surface area contributed by atoms with E-state index < -0.39 is 34.9 Å². The van der Waals surface area contributed by atoms with Gasteiger partial charge in [0.1, 0.15) is 5.41 Å². The van der Waals surface area contributed by atoms with Crippen LogP contribution in [0, 0.1) is 11.3 Å². The summed E-state index contributed by atoms with van der Waals surface area (Å²) in [4.78, 5) is 41.9. The maximum absolute atomic E-state index is 13.9. The number of esters is 1. The SMILES string of the molecule is COC(=O)[C@]12CCCCC=C1N(Cc1ccc3c(c1)OCO3)C(=O)[C@H](CC(=O)NCc1cccc(C(F)(F)F)c1)C2. The van der Waals surface area contributed by atoms with Crippen LogP contribution in [0.4, 0.5) is 13.2 Å². The number of rotatable bonds is 7. The number of nitrogens with one attached hydrogen (secondary N) is 1. The molecule has 0 aromatic heterocycles. The Labute approximate surface area is 235 Å². The molecule has 2 aromatic rings. The van der Waals surface area contributed by atoms with Crippen molar-refractivity contribution >= 4 is 17.8 Å². The zero-order valence-electron chi connectivity index (χ0n) is 22.6. The average molecular weight is 573 g/mol. The van der Waals surface area contributed by atoms with Gasteiger partial charge < -0.3 is 24.4 Å². The zero-order chi connectivity index (χ0) is 29.2. The Bertz CT molecular complexity index is 1370. The van der Waals surface area contributed by atoms with Gasteiger partial charge in [0.05, 0.1) is 19.2 Å². The van der Waals surface area contributed by atoms with Crippen LogP contribution in [-0.4, -0.2) is 36.6 Å². The van der Waals surface area contributed by atoms with Crippen LogP contribution in [-0.2, 0) is 38.4 Å². The van der Waals surface area contributed by atoms with Crippen molar-refractivity contribution in [2.24, 2.45) is 11.3 Å². The van der Waals surface area contributed by atoms with Crippen molar-refractivity contribution in [3.05, 3.63) is 70.9 Å². The van der Waals surface area contributed by atoms with Crippen molar-refractivity contribution in [2.75, 3.05) is 13.9 Å². The fourth-order valence-electron chi connectivity index (χ4n) is 5.94. The van der Waals surface area contributed by atoms with Crippen LogP contribution in [0.2, 0.25) is 0 Å². The van der Waals surface area contributed by atoms with E-state index in [4.69, 9.17) is 14.2 Å². The van der Waals surface area contributed by atoms with Gasteiger partial charge >= 0.3 is 12.1 Å². The number of halogens is 3. The fourth-order valence-corrected chi connectivity index (χ4v) is 5.94. The van der Waals surface area contributed by atoms with Gasteiger partial charge in [-0.05, 0) is 61.1 Å². The monoisotopic (exact) mass is 572 g/mol. The van der Waals surface area contributed by atoms with Crippen molar-refractivity contribution in [3.63, 3.8) is 0 Å². The molecule has 0 spiro atoms. The number of hydrogen-bond acceptors (Lipinski definition) is 6. The van der Waals surface area contributed by atoms with E-state index in [1.54, 1.807) is 17.0 Å². The van der Waals surface area contributed by atoms with Crippen molar-refractivity contribution in [2.45, 2.75) is 57.8 Å². The number of fused-ring (bicyclic) bond motifs is 2. The van der Waals surface area contributed by atoms with Crippen LogP contribution >= 0.6 is 0 Å². The molecule has 218 valence electrons. The number of carbonyl (C=O) groups is 3. The minimum absolute atomic E-state index is 0.107. The van der Waals surface area contributed by atoms with Gasteiger partial charge in [-0.1, -0.05) is 30.7 Å². The van der Waals surface area contributed by atoms with E-state index in [1.165, 1.54) is 19.2 Å². The maximum atomic E-state index is 13.9. The van der Waals surface area contributed by atoms with Gasteiger partial charge in [0.15, 0.2) is 11.5 Å². The third-order valence-corrected chi connectivity index (χ3v) is 7.92. The van der Waals surface area contributed by atoms with Gasteiger partial charge in [-0.3, -0.25) is 14.4 Å². The first-order valence-corrected chi connectivity index (χ1v) is 13.5. The van der Waals surface area contributed by atoms with Crippen LogP contribution in [0.25, 0.3) is 0 Å². The topological polar surface area (TPSA) is 94.2 Å². The highest BCUT2D eigenvalue weighted by atomic mass is 19.4. The average Bonchev–Trinajstić information content (AvgIpc) is 3.31. The van der Waals surface area contributed by atoms with E-state index in [0.717, 1.165) is 30.5 Å². The number of ether oxygens (including phenoxy) is 3. The summed E-state index contributed by atoms with van der Waals surface area (Å²) in [6.07, 6.45) is 0.0766. The van der Waals surface area contributed by atoms with E-state index in [1.807, 2.05) is 12.1 Å². The molecule has 5 rings (SSSR count). The summed E-state index contributed by atoms with van der Waals surface area (Å²) >= 11 is 0. The number of nitrogens with zero attached hydrogens (tertiary/aromatic N) is 1. The smallest absolute Gasteiger partial charge is 0.416 e. The lowest BCUT2D eigenvalue weighted by molar-refractivity contribution is -0.160. The highest BCUT2D eigenvalue weighted by Crippen LogP contribution is 2.50. The number of carbonyl (C=O) groups excluding carboxylic acids is 3. The number of alkyl halides is 3. The molecular weight excluding hydrogens is 541 g/mol. The summed E-state index contributed by atoms with van der Waals surface area (Å²) < 4.78 is 55.4. The summed E-state index contributed by atoms with van der Waals surface area (Å²) in [5.74, 6) is -0.921. The first-order chi connectivity index (χ1) is 19.6. The van der Waals surface area contributed by atoms with Gasteiger partial charge in [-0.2, -0.15) is 13.2 Å². The van der Waals surface area contributed by atoms with Gasteiger partial charge in [-0.25, -0.2) is 0 Å². The molecule has 2 atom stereocenters. The Morgan fingerprint density at radius 1 is 1.10 bits per heavy atom. The fraction of sp³-hybridized carbons (Fsp3) is 0.433. The molecule has 8 nitrogen and oxygen atoms in total. The van der Waals surface area contributed by atoms with Crippen LogP contribution in [0.1, 0.15) is 55.2 Å². The summed E-state index contributed by atoms with van der Waals surface area (Å²) in [6.45, 7) is 0.135. The first-order valence-electron chi connectivity index (χ1n) is 13.5. The first kappa shape index (κ1) is 28.5. The molecule has 2 amide bonds. The Kier molecular flexibility index (Phi) is 7.97. The Balaban J connectivity index is 1.39. The Hall–Kier alpha value is -4.02. The largest absolute Gasteiger partial charge is 0.468 e. The second-order valence-electron chi connectivity index (χ2n) is 10.6. The Morgan fingerprint density at radius 2 is 1.90 bits per heavy atom. The number of allylic oxidation sites excluding steroid dienone is 1. The normalized spacial score (nSPS) is 22.0. The minimum Gasteiger partial charge on any atom is -0.468 e. The molecule has 2 aliphatic heterocycles. The number of methoxy groups -OCH3 is 1. The lowest BCUT2D eigenvalue weighted by Crippen LogP contribution is -2.53. The van der Waals surface area contributed by atoms with Crippen LogP contribution in [0.5, 0.6) is 11.5 Å². The molecule has 0 unspecified atom stereocenters. The number of piperidine rings is 1. The third-order valence-electron chi connectivity index (χ3n) is 7.92. The van der Waals surface area contributed by atoms with Gasteiger partial charge in [0, 0.05) is 24.6 Å². The van der Waals surface area contributed by atoms with Crippen molar-refractivity contribution in [1.29, 1.82) is 0 Å². The molecule has 0 saturated carbocycles. The number of likely N-dealkylation sites (tertiary alicyclic amines) is 1. The second-order valence-corrected chi connectivity index (χ2v) is 10.6.